The summed E-state index contributed by atoms with van der Waals surface area (Å²) in [5, 5.41) is 14.3. The first-order valence-corrected chi connectivity index (χ1v) is 12.4. The summed E-state index contributed by atoms with van der Waals surface area (Å²) in [6.07, 6.45) is 3.07. The molecule has 0 bridgehead atoms. The Balaban J connectivity index is 1.71. The lowest BCUT2D eigenvalue weighted by atomic mass is 9.98. The largest absolute Gasteiger partial charge is 0.350 e. The third kappa shape index (κ3) is 5.17. The van der Waals surface area contributed by atoms with Crippen molar-refractivity contribution in [2.24, 2.45) is 0 Å². The van der Waals surface area contributed by atoms with Gasteiger partial charge in [0.25, 0.3) is 0 Å². The molecule has 0 amide bonds. The first kappa shape index (κ1) is 25.5. The maximum absolute atomic E-state index is 13.6. The zero-order chi connectivity index (χ0) is 25.5. The third-order valence-electron chi connectivity index (χ3n) is 6.37. The van der Waals surface area contributed by atoms with Crippen molar-refractivity contribution >= 4 is 0 Å². The Bertz CT molecular complexity index is 1300. The van der Waals surface area contributed by atoms with Crippen molar-refractivity contribution in [1.29, 1.82) is 0 Å². The number of benzene rings is 2. The lowest BCUT2D eigenvalue weighted by molar-refractivity contribution is -0.111. The van der Waals surface area contributed by atoms with Crippen LogP contribution in [0.4, 0.5) is 0 Å². The van der Waals surface area contributed by atoms with Gasteiger partial charge in [0.15, 0.2) is 12.1 Å². The minimum atomic E-state index is -0.582. The first-order valence-electron chi connectivity index (χ1n) is 12.4. The summed E-state index contributed by atoms with van der Waals surface area (Å²) in [4.78, 5) is 13.6. The van der Waals surface area contributed by atoms with E-state index in [1.54, 1.807) is 14.2 Å². The lowest BCUT2D eigenvalue weighted by Crippen LogP contribution is -2.26. The molecule has 0 radical (unpaired) electrons. The maximum Gasteiger partial charge on any atom is 0.329 e. The van der Waals surface area contributed by atoms with E-state index in [0.717, 1.165) is 59.3 Å². The van der Waals surface area contributed by atoms with Crippen LogP contribution in [-0.2, 0) is 29.0 Å². The van der Waals surface area contributed by atoms with Gasteiger partial charge >= 0.3 is 5.69 Å². The van der Waals surface area contributed by atoms with Crippen LogP contribution < -0.4 is 5.69 Å². The van der Waals surface area contributed by atoms with E-state index in [4.69, 9.17) is 9.47 Å². The molecule has 0 aliphatic carbocycles. The predicted molar refractivity (Wildman–Crippen MR) is 139 cm³/mol. The number of tetrazole rings is 1. The highest BCUT2D eigenvalue weighted by Gasteiger charge is 2.26. The van der Waals surface area contributed by atoms with Gasteiger partial charge in [0, 0.05) is 32.0 Å². The summed E-state index contributed by atoms with van der Waals surface area (Å²) in [5.41, 5.74) is 5.84. The van der Waals surface area contributed by atoms with E-state index in [2.05, 4.69) is 58.7 Å². The highest BCUT2D eigenvalue weighted by atomic mass is 16.7. The Morgan fingerprint density at radius 2 is 1.67 bits per heavy atom. The molecule has 2 aromatic heterocycles. The van der Waals surface area contributed by atoms with Gasteiger partial charge in [0.2, 0.25) is 0 Å². The molecule has 0 saturated carbocycles. The number of unbranched alkanes of at least 4 members (excludes halogenated alkanes) is 1. The number of ether oxygens (including phenoxy) is 2. The molecule has 0 fully saturated rings. The molecule has 0 unspecified atom stereocenters. The zero-order valence-electron chi connectivity index (χ0n) is 21.4. The molecule has 1 N–H and O–H groups in total. The van der Waals surface area contributed by atoms with Crippen LogP contribution in [0.3, 0.4) is 0 Å². The summed E-state index contributed by atoms with van der Waals surface area (Å²) >= 11 is 0. The number of aromatic amines is 1. The normalized spacial score (nSPS) is 11.5. The van der Waals surface area contributed by atoms with Gasteiger partial charge in [-0.2, -0.15) is 0 Å². The van der Waals surface area contributed by atoms with Gasteiger partial charge in [-0.3, -0.25) is 9.13 Å². The van der Waals surface area contributed by atoms with Crippen LogP contribution in [0.2, 0.25) is 0 Å². The lowest BCUT2D eigenvalue weighted by Gasteiger charge is -2.18. The van der Waals surface area contributed by atoms with Gasteiger partial charge in [-0.1, -0.05) is 68.8 Å². The number of hydrogen-bond donors (Lipinski definition) is 1. The standard InChI is InChI=1S/C27H34N6O3/c1-5-7-12-23-24(26(35-3)36-4)32(17-6-2)27(34)33(23)18-19-13-15-20(16-14-19)21-10-8-9-11-22(21)25-28-30-31-29-25/h8-11,13-16,26H,5-7,12,17-18H2,1-4H3,(H,28,29,30,31). The van der Waals surface area contributed by atoms with Gasteiger partial charge in [-0.05, 0) is 46.4 Å². The van der Waals surface area contributed by atoms with E-state index in [1.165, 1.54) is 0 Å². The Morgan fingerprint density at radius 1 is 0.944 bits per heavy atom. The number of nitrogens with zero attached hydrogens (tertiary/aromatic N) is 5. The average molecular weight is 491 g/mol. The Morgan fingerprint density at radius 3 is 2.28 bits per heavy atom. The van der Waals surface area contributed by atoms with Gasteiger partial charge in [-0.15, -0.1) is 5.10 Å². The van der Waals surface area contributed by atoms with Crippen molar-refractivity contribution < 1.29 is 9.47 Å². The summed E-state index contributed by atoms with van der Waals surface area (Å²) in [5.74, 6) is 0.623. The van der Waals surface area contributed by atoms with Gasteiger partial charge in [0.1, 0.15) is 0 Å². The number of rotatable bonds is 12. The number of methoxy groups -OCH3 is 2. The molecule has 2 heterocycles. The fourth-order valence-corrected chi connectivity index (χ4v) is 4.64. The van der Waals surface area contributed by atoms with E-state index in [9.17, 15) is 4.79 Å². The van der Waals surface area contributed by atoms with E-state index < -0.39 is 6.29 Å². The van der Waals surface area contributed by atoms with Gasteiger partial charge in [-0.25, -0.2) is 9.89 Å². The Kier molecular flexibility index (Phi) is 8.45. The topological polar surface area (TPSA) is 99.8 Å². The summed E-state index contributed by atoms with van der Waals surface area (Å²) in [7, 11) is 3.22. The molecular formula is C27H34N6O3. The van der Waals surface area contributed by atoms with Crippen LogP contribution in [0.15, 0.2) is 53.3 Å². The minimum Gasteiger partial charge on any atom is -0.350 e. The van der Waals surface area contributed by atoms with Crippen molar-refractivity contribution in [3.8, 4) is 22.5 Å². The van der Waals surface area contributed by atoms with Crippen LogP contribution >= 0.6 is 0 Å². The summed E-state index contributed by atoms with van der Waals surface area (Å²) in [6.45, 7) is 5.32. The van der Waals surface area contributed by atoms with Crippen molar-refractivity contribution in [1.82, 2.24) is 29.8 Å². The molecule has 0 atom stereocenters. The van der Waals surface area contributed by atoms with E-state index in [1.807, 2.05) is 33.4 Å². The van der Waals surface area contributed by atoms with Crippen LogP contribution in [-0.4, -0.2) is 44.0 Å². The molecule has 0 spiro atoms. The monoisotopic (exact) mass is 490 g/mol. The molecule has 2 aromatic carbocycles. The van der Waals surface area contributed by atoms with Crippen LogP contribution in [0.1, 0.15) is 56.4 Å². The van der Waals surface area contributed by atoms with E-state index in [-0.39, 0.29) is 5.69 Å². The molecule has 4 rings (SSSR count). The highest BCUT2D eigenvalue weighted by molar-refractivity contribution is 5.80. The minimum absolute atomic E-state index is 0.0238. The average Bonchev–Trinajstić information content (AvgIpc) is 3.53. The van der Waals surface area contributed by atoms with Gasteiger partial charge in [0.05, 0.1) is 12.2 Å². The molecule has 4 aromatic rings. The molecule has 9 nitrogen and oxygen atoms in total. The van der Waals surface area contributed by atoms with Crippen molar-refractivity contribution in [3.05, 3.63) is 76.0 Å². The fraction of sp³-hybridized carbons (Fsp3) is 0.407. The van der Waals surface area contributed by atoms with E-state index >= 15 is 0 Å². The molecule has 9 heteroatoms. The SMILES string of the molecule is CCCCc1c(C(OC)OC)n(CCC)c(=O)n1Cc1ccc(-c2ccccc2-c2nnn[nH]2)cc1. The highest BCUT2D eigenvalue weighted by Crippen LogP contribution is 2.30. The third-order valence-corrected chi connectivity index (χ3v) is 6.37. The molecular weight excluding hydrogens is 456 g/mol. The van der Waals surface area contributed by atoms with Crippen LogP contribution in [0, 0.1) is 0 Å². The predicted octanol–water partition coefficient (Wildman–Crippen LogP) is 4.59. The maximum atomic E-state index is 13.6. The molecule has 0 aliphatic heterocycles. The van der Waals surface area contributed by atoms with Gasteiger partial charge < -0.3 is 9.47 Å². The van der Waals surface area contributed by atoms with Crippen LogP contribution in [0.5, 0.6) is 0 Å². The van der Waals surface area contributed by atoms with E-state index in [0.29, 0.717) is 18.9 Å². The molecule has 0 aliphatic rings. The molecule has 36 heavy (non-hydrogen) atoms. The first-order chi connectivity index (χ1) is 17.6. The number of H-pyrrole nitrogens is 1. The van der Waals surface area contributed by atoms with Crippen molar-refractivity contribution in [3.63, 3.8) is 0 Å². The second-order valence-electron chi connectivity index (χ2n) is 8.75. The second kappa shape index (κ2) is 11.9. The molecule has 190 valence electrons. The summed E-state index contributed by atoms with van der Waals surface area (Å²) < 4.78 is 14.9. The fourth-order valence-electron chi connectivity index (χ4n) is 4.64. The molecule has 0 saturated heterocycles. The summed E-state index contributed by atoms with van der Waals surface area (Å²) in [6, 6.07) is 16.3. The zero-order valence-corrected chi connectivity index (χ0v) is 21.4. The van der Waals surface area contributed by atoms with Crippen LogP contribution in [0.25, 0.3) is 22.5 Å². The number of hydrogen-bond acceptors (Lipinski definition) is 6. The second-order valence-corrected chi connectivity index (χ2v) is 8.75. The number of aromatic nitrogens is 6. The number of imidazole rings is 1. The quantitative estimate of drug-likeness (QED) is 0.292. The Labute approximate surface area is 211 Å². The van der Waals surface area contributed by atoms with Crippen molar-refractivity contribution in [2.75, 3.05) is 14.2 Å². The Hall–Kier alpha value is -3.56. The smallest absolute Gasteiger partial charge is 0.329 e. The van der Waals surface area contributed by atoms with Crippen molar-refractivity contribution in [2.45, 2.75) is 58.9 Å². The number of nitrogens with one attached hydrogen (secondary N) is 1.